The Bertz CT molecular complexity index is 806. The van der Waals surface area contributed by atoms with E-state index in [0.717, 1.165) is 30.0 Å². The van der Waals surface area contributed by atoms with Crippen molar-refractivity contribution >= 4 is 0 Å². The van der Waals surface area contributed by atoms with Crippen molar-refractivity contribution in [3.05, 3.63) is 102 Å². The third kappa shape index (κ3) is 4.85. The van der Waals surface area contributed by atoms with Crippen LogP contribution in [0.5, 0.6) is 5.75 Å². The highest BCUT2D eigenvalue weighted by Crippen LogP contribution is 2.37. The zero-order valence-electron chi connectivity index (χ0n) is 16.5. The van der Waals surface area contributed by atoms with Crippen molar-refractivity contribution in [3.8, 4) is 5.75 Å². The summed E-state index contributed by atoms with van der Waals surface area (Å²) in [6.45, 7) is 3.15. The molecule has 1 heterocycles. The maximum Gasteiger partial charge on any atom is 0.141 e. The van der Waals surface area contributed by atoms with Crippen molar-refractivity contribution in [1.82, 2.24) is 5.32 Å². The average Bonchev–Trinajstić information content (AvgIpc) is 2.81. The van der Waals surface area contributed by atoms with Gasteiger partial charge in [-0.1, -0.05) is 78.9 Å². The molecule has 0 aliphatic carbocycles. The van der Waals surface area contributed by atoms with Crippen molar-refractivity contribution < 1.29 is 14.2 Å². The maximum absolute atomic E-state index is 6.48. The number of hydrogen-bond donors (Lipinski definition) is 1. The van der Waals surface area contributed by atoms with E-state index in [1.807, 2.05) is 66.7 Å². The standard InChI is InChI=1S/C25H27NO3/c1-4-10-21(11-5-1)25(22-12-6-2-7-13-22)20-28-24(19-29-25)18-26-16-17-27-23-14-8-3-9-15-23/h1-15,24,26H,16-20H2. The topological polar surface area (TPSA) is 39.7 Å². The summed E-state index contributed by atoms with van der Waals surface area (Å²) < 4.78 is 18.4. The quantitative estimate of drug-likeness (QED) is 0.591. The SMILES string of the molecule is c1ccc(OCCNCC2COC(c3ccccc3)(c3ccccc3)CO2)cc1. The minimum Gasteiger partial charge on any atom is -0.492 e. The summed E-state index contributed by atoms with van der Waals surface area (Å²) in [6, 6.07) is 30.5. The Morgan fingerprint density at radius 3 is 1.97 bits per heavy atom. The molecule has 150 valence electrons. The second kappa shape index (κ2) is 9.70. The number of hydrogen-bond acceptors (Lipinski definition) is 4. The Morgan fingerprint density at radius 2 is 1.41 bits per heavy atom. The lowest BCUT2D eigenvalue weighted by atomic mass is 9.86. The third-order valence-corrected chi connectivity index (χ3v) is 5.18. The number of ether oxygens (including phenoxy) is 3. The van der Waals surface area contributed by atoms with Crippen LogP contribution < -0.4 is 10.1 Å². The second-order valence-electron chi connectivity index (χ2n) is 7.17. The lowest BCUT2D eigenvalue weighted by molar-refractivity contribution is -0.175. The predicted octanol–water partition coefficient (Wildman–Crippen LogP) is 4.01. The first-order valence-electron chi connectivity index (χ1n) is 10.1. The first-order chi connectivity index (χ1) is 14.4. The largest absolute Gasteiger partial charge is 0.492 e. The molecule has 1 atom stereocenters. The molecule has 0 bridgehead atoms. The van der Waals surface area contributed by atoms with E-state index < -0.39 is 5.60 Å². The Labute approximate surface area is 172 Å². The van der Waals surface area contributed by atoms with Crippen molar-refractivity contribution in [2.24, 2.45) is 0 Å². The van der Waals surface area contributed by atoms with Gasteiger partial charge in [0, 0.05) is 13.1 Å². The van der Waals surface area contributed by atoms with E-state index in [1.165, 1.54) is 0 Å². The fraction of sp³-hybridized carbons (Fsp3) is 0.280. The highest BCUT2D eigenvalue weighted by Gasteiger charge is 2.40. The normalized spacial score (nSPS) is 18.3. The van der Waals surface area contributed by atoms with E-state index in [-0.39, 0.29) is 6.10 Å². The molecule has 3 aromatic carbocycles. The van der Waals surface area contributed by atoms with Gasteiger partial charge in [-0.25, -0.2) is 0 Å². The number of benzene rings is 3. The van der Waals surface area contributed by atoms with Crippen LogP contribution in [0.3, 0.4) is 0 Å². The van der Waals surface area contributed by atoms with E-state index in [2.05, 4.69) is 29.6 Å². The highest BCUT2D eigenvalue weighted by molar-refractivity contribution is 5.37. The Morgan fingerprint density at radius 1 is 0.828 bits per heavy atom. The fourth-order valence-electron chi connectivity index (χ4n) is 3.61. The van der Waals surface area contributed by atoms with Gasteiger partial charge in [-0.15, -0.1) is 0 Å². The van der Waals surface area contributed by atoms with Crippen molar-refractivity contribution in [3.63, 3.8) is 0 Å². The molecule has 4 rings (SSSR count). The molecule has 0 spiro atoms. The minimum atomic E-state index is -0.560. The smallest absolute Gasteiger partial charge is 0.141 e. The van der Waals surface area contributed by atoms with Crippen LogP contribution in [0.2, 0.25) is 0 Å². The van der Waals surface area contributed by atoms with Crippen LogP contribution >= 0.6 is 0 Å². The summed E-state index contributed by atoms with van der Waals surface area (Å²) in [5.41, 5.74) is 1.68. The molecule has 1 fully saturated rings. The first kappa shape index (κ1) is 19.6. The molecule has 0 saturated carbocycles. The van der Waals surface area contributed by atoms with Crippen molar-refractivity contribution in [1.29, 1.82) is 0 Å². The number of rotatable bonds is 8. The summed E-state index contributed by atoms with van der Waals surface area (Å²) in [6.07, 6.45) is 0.0206. The van der Waals surface area contributed by atoms with Gasteiger partial charge in [0.25, 0.3) is 0 Å². The number of nitrogens with one attached hydrogen (secondary N) is 1. The van der Waals surface area contributed by atoms with Gasteiger partial charge in [0.15, 0.2) is 0 Å². The summed E-state index contributed by atoms with van der Waals surface area (Å²) >= 11 is 0. The Kier molecular flexibility index (Phi) is 6.57. The Hall–Kier alpha value is -2.66. The molecule has 1 unspecified atom stereocenters. The molecule has 1 aliphatic rings. The maximum atomic E-state index is 6.48. The van der Waals surface area contributed by atoms with E-state index in [1.54, 1.807) is 0 Å². The van der Waals surface area contributed by atoms with Crippen molar-refractivity contribution in [2.75, 3.05) is 32.9 Å². The molecular formula is C25H27NO3. The second-order valence-corrected chi connectivity index (χ2v) is 7.17. The van der Waals surface area contributed by atoms with Gasteiger partial charge < -0.3 is 19.5 Å². The molecule has 4 nitrogen and oxygen atoms in total. The molecule has 1 saturated heterocycles. The molecule has 0 radical (unpaired) electrons. The molecule has 0 aromatic heterocycles. The predicted molar refractivity (Wildman–Crippen MR) is 114 cm³/mol. The van der Waals surface area contributed by atoms with Crippen LogP contribution in [0, 0.1) is 0 Å². The molecule has 3 aromatic rings. The molecule has 4 heteroatoms. The van der Waals surface area contributed by atoms with Gasteiger partial charge in [0.1, 0.15) is 18.0 Å². The zero-order valence-corrected chi connectivity index (χ0v) is 16.5. The lowest BCUT2D eigenvalue weighted by Gasteiger charge is -2.41. The number of para-hydroxylation sites is 1. The monoisotopic (exact) mass is 389 g/mol. The fourth-order valence-corrected chi connectivity index (χ4v) is 3.61. The Balaban J connectivity index is 1.31. The molecular weight excluding hydrogens is 362 g/mol. The zero-order chi connectivity index (χ0) is 19.8. The van der Waals surface area contributed by atoms with Gasteiger partial charge >= 0.3 is 0 Å². The lowest BCUT2D eigenvalue weighted by Crippen LogP contribution is -2.48. The van der Waals surface area contributed by atoms with E-state index >= 15 is 0 Å². The van der Waals surface area contributed by atoms with Gasteiger partial charge in [-0.2, -0.15) is 0 Å². The summed E-state index contributed by atoms with van der Waals surface area (Å²) in [4.78, 5) is 0. The van der Waals surface area contributed by atoms with Gasteiger partial charge in [-0.05, 0) is 23.3 Å². The third-order valence-electron chi connectivity index (χ3n) is 5.18. The van der Waals surface area contributed by atoms with Crippen molar-refractivity contribution in [2.45, 2.75) is 11.7 Å². The summed E-state index contributed by atoms with van der Waals surface area (Å²) in [5, 5.41) is 3.40. The van der Waals surface area contributed by atoms with Crippen LogP contribution in [0.4, 0.5) is 0 Å². The van der Waals surface area contributed by atoms with Gasteiger partial charge in [-0.3, -0.25) is 0 Å². The van der Waals surface area contributed by atoms with Crippen LogP contribution in [0.15, 0.2) is 91.0 Å². The molecule has 0 amide bonds. The van der Waals surface area contributed by atoms with E-state index in [4.69, 9.17) is 14.2 Å². The van der Waals surface area contributed by atoms with Crippen LogP contribution in [0.1, 0.15) is 11.1 Å². The highest BCUT2D eigenvalue weighted by atomic mass is 16.6. The van der Waals surface area contributed by atoms with Crippen LogP contribution in [0.25, 0.3) is 0 Å². The average molecular weight is 389 g/mol. The summed E-state index contributed by atoms with van der Waals surface area (Å²) in [7, 11) is 0. The molecule has 1 N–H and O–H groups in total. The summed E-state index contributed by atoms with van der Waals surface area (Å²) in [5.74, 6) is 0.891. The first-order valence-corrected chi connectivity index (χ1v) is 10.1. The van der Waals surface area contributed by atoms with E-state index in [0.29, 0.717) is 19.8 Å². The minimum absolute atomic E-state index is 0.0206. The molecule has 29 heavy (non-hydrogen) atoms. The van der Waals surface area contributed by atoms with Crippen LogP contribution in [-0.4, -0.2) is 39.0 Å². The molecule has 1 aliphatic heterocycles. The van der Waals surface area contributed by atoms with E-state index in [9.17, 15) is 0 Å². The van der Waals surface area contributed by atoms with Crippen LogP contribution in [-0.2, 0) is 15.1 Å². The van der Waals surface area contributed by atoms with Gasteiger partial charge in [0.2, 0.25) is 0 Å². The van der Waals surface area contributed by atoms with Gasteiger partial charge in [0.05, 0.1) is 19.3 Å².